The van der Waals surface area contributed by atoms with Gasteiger partial charge in [-0.2, -0.15) is 5.10 Å². The van der Waals surface area contributed by atoms with Crippen molar-refractivity contribution in [1.29, 1.82) is 0 Å². The number of hydrogen-bond acceptors (Lipinski definition) is 5. The summed E-state index contributed by atoms with van der Waals surface area (Å²) in [5, 5.41) is 8.22. The molecule has 7 heteroatoms. The molecular formula is C20H29ClN4O2. The van der Waals surface area contributed by atoms with Gasteiger partial charge in [-0.1, -0.05) is 11.6 Å². The van der Waals surface area contributed by atoms with Gasteiger partial charge in [0, 0.05) is 26.2 Å². The van der Waals surface area contributed by atoms with E-state index in [0.29, 0.717) is 10.7 Å². The smallest absolute Gasteiger partial charge is 0.288 e. The van der Waals surface area contributed by atoms with Crippen LogP contribution in [-0.4, -0.2) is 54.1 Å². The molecule has 0 radical (unpaired) electrons. The lowest BCUT2D eigenvalue weighted by molar-refractivity contribution is -0.0518. The minimum atomic E-state index is -0.116. The first-order valence-corrected chi connectivity index (χ1v) is 10.8. The molecule has 0 amide bonds. The molecule has 5 fully saturated rings. The lowest BCUT2D eigenvalue weighted by Crippen LogP contribution is -2.55. The van der Waals surface area contributed by atoms with Crippen LogP contribution in [0, 0.1) is 17.8 Å². The van der Waals surface area contributed by atoms with Crippen molar-refractivity contribution in [2.45, 2.75) is 44.1 Å². The van der Waals surface area contributed by atoms with E-state index in [0.717, 1.165) is 76.4 Å². The number of rotatable bonds is 5. The zero-order valence-electron chi connectivity index (χ0n) is 15.8. The Hall–Kier alpha value is -1.11. The van der Waals surface area contributed by atoms with Crippen LogP contribution in [0.25, 0.3) is 0 Å². The highest BCUT2D eigenvalue weighted by Gasteiger charge is 2.53. The van der Waals surface area contributed by atoms with Crippen molar-refractivity contribution in [2.75, 3.05) is 44.7 Å². The number of halogens is 1. The van der Waals surface area contributed by atoms with E-state index in [1.54, 1.807) is 10.9 Å². The van der Waals surface area contributed by atoms with Gasteiger partial charge in [-0.25, -0.2) is 4.68 Å². The van der Waals surface area contributed by atoms with E-state index in [2.05, 4.69) is 15.3 Å². The van der Waals surface area contributed by atoms with Gasteiger partial charge in [0.25, 0.3) is 5.56 Å². The molecule has 1 N–H and O–H groups in total. The molecule has 2 heterocycles. The number of anilines is 1. The number of hydrogen-bond donors (Lipinski definition) is 1. The largest absolute Gasteiger partial charge is 0.381 e. The molecule has 0 spiro atoms. The first-order valence-electron chi connectivity index (χ1n) is 10.5. The fourth-order valence-corrected chi connectivity index (χ4v) is 6.59. The summed E-state index contributed by atoms with van der Waals surface area (Å²) in [6.07, 6.45) is 9.13. The third kappa shape index (κ3) is 3.30. The van der Waals surface area contributed by atoms with Crippen LogP contribution in [0.5, 0.6) is 0 Å². The molecule has 1 aromatic heterocycles. The van der Waals surface area contributed by atoms with Crippen molar-refractivity contribution in [3.05, 3.63) is 21.6 Å². The van der Waals surface area contributed by atoms with Gasteiger partial charge in [0.15, 0.2) is 0 Å². The maximum atomic E-state index is 13.1. The molecule has 4 aliphatic carbocycles. The third-order valence-corrected chi connectivity index (χ3v) is 7.59. The third-order valence-electron chi connectivity index (χ3n) is 7.22. The Labute approximate surface area is 165 Å². The summed E-state index contributed by atoms with van der Waals surface area (Å²) >= 11 is 6.49. The van der Waals surface area contributed by atoms with Crippen LogP contribution in [0.15, 0.2) is 11.0 Å². The number of morpholine rings is 1. The maximum absolute atomic E-state index is 13.1. The number of nitrogens with one attached hydrogen (secondary N) is 1. The van der Waals surface area contributed by atoms with Crippen molar-refractivity contribution in [1.82, 2.24) is 14.7 Å². The highest BCUT2D eigenvalue weighted by molar-refractivity contribution is 6.32. The Balaban J connectivity index is 1.31. The van der Waals surface area contributed by atoms with Crippen LogP contribution < -0.4 is 10.9 Å². The van der Waals surface area contributed by atoms with Gasteiger partial charge in [-0.3, -0.25) is 9.69 Å². The van der Waals surface area contributed by atoms with Crippen LogP contribution in [0.1, 0.15) is 38.5 Å². The molecule has 0 atom stereocenters. The first-order chi connectivity index (χ1) is 13.1. The molecular weight excluding hydrogens is 364 g/mol. The molecule has 1 aliphatic heterocycles. The Morgan fingerprint density at radius 3 is 2.41 bits per heavy atom. The van der Waals surface area contributed by atoms with Crippen LogP contribution in [-0.2, 0) is 10.3 Å². The standard InChI is InChI=1S/C20H29ClN4O2/c21-18-17(22-1-2-24-3-5-27-6-4-24)13-23-25(19(18)26)20-10-14-7-15(11-20)9-16(8-14)12-20/h13-16,22H,1-12H2. The Morgan fingerprint density at radius 1 is 1.15 bits per heavy atom. The average Bonchev–Trinajstić information content (AvgIpc) is 2.65. The van der Waals surface area contributed by atoms with Crippen molar-refractivity contribution in [3.8, 4) is 0 Å². The van der Waals surface area contributed by atoms with Crippen molar-refractivity contribution >= 4 is 17.3 Å². The topological polar surface area (TPSA) is 59.4 Å². The number of nitrogens with zero attached hydrogens (tertiary/aromatic N) is 3. The summed E-state index contributed by atoms with van der Waals surface area (Å²) in [6.45, 7) is 5.18. The molecule has 4 saturated carbocycles. The Morgan fingerprint density at radius 2 is 1.78 bits per heavy atom. The Bertz CT molecular complexity index is 724. The molecule has 5 aliphatic rings. The second-order valence-corrected chi connectivity index (χ2v) is 9.49. The van der Waals surface area contributed by atoms with Gasteiger partial charge in [0.2, 0.25) is 0 Å². The molecule has 6 rings (SSSR count). The zero-order chi connectivity index (χ0) is 18.4. The van der Waals surface area contributed by atoms with Gasteiger partial charge < -0.3 is 10.1 Å². The normalized spacial score (nSPS) is 35.5. The van der Waals surface area contributed by atoms with Crippen LogP contribution in [0.4, 0.5) is 5.69 Å². The van der Waals surface area contributed by atoms with Crippen molar-refractivity contribution < 1.29 is 4.74 Å². The van der Waals surface area contributed by atoms with E-state index in [1.807, 2.05) is 0 Å². The second-order valence-electron chi connectivity index (χ2n) is 9.11. The van der Waals surface area contributed by atoms with Crippen LogP contribution in [0.3, 0.4) is 0 Å². The van der Waals surface area contributed by atoms with Gasteiger partial charge in [-0.05, 0) is 56.3 Å². The summed E-state index contributed by atoms with van der Waals surface area (Å²) in [5.41, 5.74) is 0.466. The van der Waals surface area contributed by atoms with E-state index >= 15 is 0 Å². The molecule has 1 aromatic rings. The minimum Gasteiger partial charge on any atom is -0.381 e. The van der Waals surface area contributed by atoms with Gasteiger partial charge in [0.05, 0.1) is 30.6 Å². The first kappa shape index (κ1) is 18.0. The minimum absolute atomic E-state index is 0.0815. The predicted octanol–water partition coefficient (Wildman–Crippen LogP) is 2.57. The lowest BCUT2D eigenvalue weighted by atomic mass is 9.53. The molecule has 6 nitrogen and oxygen atoms in total. The molecule has 4 bridgehead atoms. The van der Waals surface area contributed by atoms with E-state index < -0.39 is 0 Å². The molecule has 0 aromatic carbocycles. The van der Waals surface area contributed by atoms with Crippen LogP contribution in [0.2, 0.25) is 5.02 Å². The maximum Gasteiger partial charge on any atom is 0.288 e. The average molecular weight is 393 g/mol. The number of aromatic nitrogens is 2. The predicted molar refractivity (Wildman–Crippen MR) is 105 cm³/mol. The second kappa shape index (κ2) is 7.05. The molecule has 148 valence electrons. The summed E-state index contributed by atoms with van der Waals surface area (Å²) in [6, 6.07) is 0. The summed E-state index contributed by atoms with van der Waals surface area (Å²) in [7, 11) is 0. The molecule has 27 heavy (non-hydrogen) atoms. The van der Waals surface area contributed by atoms with Crippen molar-refractivity contribution in [3.63, 3.8) is 0 Å². The van der Waals surface area contributed by atoms with E-state index in [9.17, 15) is 4.79 Å². The highest BCUT2D eigenvalue weighted by Crippen LogP contribution is 2.58. The Kier molecular flexibility index (Phi) is 4.69. The fourth-order valence-electron chi connectivity index (χ4n) is 6.39. The molecule has 0 unspecified atom stereocenters. The van der Waals surface area contributed by atoms with E-state index in [1.165, 1.54) is 19.3 Å². The zero-order valence-corrected chi connectivity index (χ0v) is 16.6. The van der Waals surface area contributed by atoms with Gasteiger partial charge in [-0.15, -0.1) is 0 Å². The van der Waals surface area contributed by atoms with Gasteiger partial charge >= 0.3 is 0 Å². The SMILES string of the molecule is O=c1c(Cl)c(NCCN2CCOCC2)cnn1C12CC3CC(CC(C3)C1)C2. The summed E-state index contributed by atoms with van der Waals surface area (Å²) in [4.78, 5) is 15.4. The summed E-state index contributed by atoms with van der Waals surface area (Å²) in [5.74, 6) is 2.32. The highest BCUT2D eigenvalue weighted by atomic mass is 35.5. The quantitative estimate of drug-likeness (QED) is 0.834. The fraction of sp³-hybridized carbons (Fsp3) is 0.800. The monoisotopic (exact) mass is 392 g/mol. The number of ether oxygens (including phenoxy) is 1. The lowest BCUT2D eigenvalue weighted by Gasteiger charge is -2.56. The molecule has 1 saturated heterocycles. The summed E-state index contributed by atoms with van der Waals surface area (Å²) < 4.78 is 7.13. The van der Waals surface area contributed by atoms with Crippen LogP contribution >= 0.6 is 11.6 Å². The van der Waals surface area contributed by atoms with E-state index in [-0.39, 0.29) is 11.1 Å². The van der Waals surface area contributed by atoms with Gasteiger partial charge in [0.1, 0.15) is 5.02 Å². The van der Waals surface area contributed by atoms with E-state index in [4.69, 9.17) is 16.3 Å². The van der Waals surface area contributed by atoms with Crippen molar-refractivity contribution in [2.24, 2.45) is 17.8 Å².